The SMILES string of the molecule is CC(C)(C)c1ccccc1Oc1ncccc1NC(=O)Nc1nc2c(Cl)cccc2s1. The van der Waals surface area contributed by atoms with Crippen LogP contribution in [0.15, 0.2) is 60.8 Å². The van der Waals surface area contributed by atoms with Crippen LogP contribution in [0.1, 0.15) is 26.3 Å². The van der Waals surface area contributed by atoms with E-state index in [1.54, 1.807) is 24.4 Å². The van der Waals surface area contributed by atoms with Gasteiger partial charge in [0.2, 0.25) is 5.88 Å². The van der Waals surface area contributed by atoms with Crippen molar-refractivity contribution in [2.45, 2.75) is 26.2 Å². The van der Waals surface area contributed by atoms with Gasteiger partial charge in [-0.25, -0.2) is 14.8 Å². The van der Waals surface area contributed by atoms with Crippen molar-refractivity contribution in [3.8, 4) is 11.6 Å². The molecule has 0 saturated carbocycles. The van der Waals surface area contributed by atoms with Gasteiger partial charge in [-0.2, -0.15) is 0 Å². The van der Waals surface area contributed by atoms with Crippen molar-refractivity contribution in [2.75, 3.05) is 10.6 Å². The molecule has 4 rings (SSSR count). The van der Waals surface area contributed by atoms with Gasteiger partial charge in [0.25, 0.3) is 0 Å². The highest BCUT2D eigenvalue weighted by molar-refractivity contribution is 7.22. The standard InChI is InChI=1S/C23H21ClN4O2S/c1-23(2,3)14-8-4-5-11-17(14)30-20-16(10-7-13-25-20)26-21(29)28-22-27-19-15(24)9-6-12-18(19)31-22/h4-13H,1-3H3,(H2,26,27,28,29). The van der Waals surface area contributed by atoms with Crippen LogP contribution in [-0.4, -0.2) is 16.0 Å². The highest BCUT2D eigenvalue weighted by Crippen LogP contribution is 2.36. The Balaban J connectivity index is 1.54. The second-order valence-electron chi connectivity index (χ2n) is 7.89. The van der Waals surface area contributed by atoms with Gasteiger partial charge in [0.05, 0.1) is 9.72 Å². The van der Waals surface area contributed by atoms with Crippen LogP contribution in [-0.2, 0) is 5.41 Å². The van der Waals surface area contributed by atoms with E-state index in [1.807, 2.05) is 36.4 Å². The first kappa shape index (κ1) is 21.1. The molecule has 2 heterocycles. The minimum Gasteiger partial charge on any atom is -0.437 e. The summed E-state index contributed by atoms with van der Waals surface area (Å²) < 4.78 is 6.99. The van der Waals surface area contributed by atoms with Crippen molar-refractivity contribution < 1.29 is 9.53 Å². The monoisotopic (exact) mass is 452 g/mol. The second-order valence-corrected chi connectivity index (χ2v) is 9.33. The van der Waals surface area contributed by atoms with Crippen LogP contribution < -0.4 is 15.4 Å². The Morgan fingerprint density at radius 2 is 1.84 bits per heavy atom. The van der Waals surface area contributed by atoms with Gasteiger partial charge in [-0.15, -0.1) is 0 Å². The first-order chi connectivity index (χ1) is 14.8. The summed E-state index contributed by atoms with van der Waals surface area (Å²) in [5.74, 6) is 1.000. The van der Waals surface area contributed by atoms with Crippen LogP contribution in [0.3, 0.4) is 0 Å². The molecule has 0 aliphatic heterocycles. The minimum atomic E-state index is -0.447. The molecule has 31 heavy (non-hydrogen) atoms. The number of fused-ring (bicyclic) bond motifs is 1. The Morgan fingerprint density at radius 3 is 2.61 bits per heavy atom. The number of amides is 2. The third kappa shape index (κ3) is 4.78. The Labute approximate surface area is 189 Å². The van der Waals surface area contributed by atoms with Gasteiger partial charge in [0.15, 0.2) is 5.13 Å². The molecule has 158 valence electrons. The molecule has 6 nitrogen and oxygen atoms in total. The van der Waals surface area contributed by atoms with E-state index in [1.165, 1.54) is 11.3 Å². The molecule has 0 spiro atoms. The number of ether oxygens (including phenoxy) is 1. The number of carbonyl (C=O) groups excluding carboxylic acids is 1. The molecule has 0 saturated heterocycles. The molecule has 0 atom stereocenters. The fourth-order valence-electron chi connectivity index (χ4n) is 3.07. The van der Waals surface area contributed by atoms with E-state index in [0.29, 0.717) is 33.0 Å². The number of thiazole rings is 1. The smallest absolute Gasteiger partial charge is 0.325 e. The maximum atomic E-state index is 12.6. The van der Waals surface area contributed by atoms with Gasteiger partial charge in [-0.3, -0.25) is 5.32 Å². The zero-order chi connectivity index (χ0) is 22.0. The number of para-hydroxylation sites is 2. The summed E-state index contributed by atoms with van der Waals surface area (Å²) in [6.07, 6.45) is 1.62. The normalized spacial score (nSPS) is 11.4. The molecule has 0 fully saturated rings. The highest BCUT2D eigenvalue weighted by Gasteiger charge is 2.20. The van der Waals surface area contributed by atoms with Crippen molar-refractivity contribution in [2.24, 2.45) is 0 Å². The summed E-state index contributed by atoms with van der Waals surface area (Å²) in [6, 6.07) is 16.3. The molecular weight excluding hydrogens is 432 g/mol. The summed E-state index contributed by atoms with van der Waals surface area (Å²) in [7, 11) is 0. The summed E-state index contributed by atoms with van der Waals surface area (Å²) in [4.78, 5) is 21.3. The number of urea groups is 1. The topological polar surface area (TPSA) is 76.1 Å². The van der Waals surface area contributed by atoms with Gasteiger partial charge >= 0.3 is 6.03 Å². The molecule has 0 aliphatic carbocycles. The lowest BCUT2D eigenvalue weighted by molar-refractivity contribution is 0.262. The van der Waals surface area contributed by atoms with E-state index in [0.717, 1.165) is 10.3 Å². The van der Waals surface area contributed by atoms with Crippen LogP contribution in [0.2, 0.25) is 5.02 Å². The van der Waals surface area contributed by atoms with Gasteiger partial charge in [-0.05, 0) is 35.7 Å². The summed E-state index contributed by atoms with van der Waals surface area (Å²) >= 11 is 7.52. The zero-order valence-corrected chi connectivity index (χ0v) is 18.8. The predicted molar refractivity (Wildman–Crippen MR) is 127 cm³/mol. The number of aromatic nitrogens is 2. The van der Waals surface area contributed by atoms with Crippen molar-refractivity contribution in [1.82, 2.24) is 9.97 Å². The number of nitrogens with one attached hydrogen (secondary N) is 2. The maximum Gasteiger partial charge on any atom is 0.325 e. The molecule has 2 N–H and O–H groups in total. The van der Waals surface area contributed by atoms with E-state index < -0.39 is 6.03 Å². The quantitative estimate of drug-likeness (QED) is 0.347. The molecule has 2 aromatic carbocycles. The number of halogens is 1. The molecule has 0 aliphatic rings. The van der Waals surface area contributed by atoms with Gasteiger partial charge < -0.3 is 10.1 Å². The number of hydrogen-bond donors (Lipinski definition) is 2. The summed E-state index contributed by atoms with van der Waals surface area (Å²) in [5.41, 5.74) is 2.05. The third-order valence-corrected chi connectivity index (χ3v) is 5.75. The number of anilines is 2. The molecule has 2 amide bonds. The van der Waals surface area contributed by atoms with Crippen LogP contribution in [0.25, 0.3) is 10.2 Å². The van der Waals surface area contributed by atoms with E-state index in [9.17, 15) is 4.79 Å². The first-order valence-corrected chi connectivity index (χ1v) is 10.9. The Kier molecular flexibility index (Phi) is 5.80. The third-order valence-electron chi connectivity index (χ3n) is 4.51. The van der Waals surface area contributed by atoms with Crippen LogP contribution in [0.4, 0.5) is 15.6 Å². The van der Waals surface area contributed by atoms with Gasteiger partial charge in [-0.1, -0.05) is 68.0 Å². The Morgan fingerprint density at radius 1 is 1.03 bits per heavy atom. The fraction of sp³-hybridized carbons (Fsp3) is 0.174. The molecular formula is C23H21ClN4O2S. The molecule has 0 radical (unpaired) electrons. The lowest BCUT2D eigenvalue weighted by atomic mass is 9.86. The van der Waals surface area contributed by atoms with Crippen molar-refractivity contribution in [3.63, 3.8) is 0 Å². The van der Waals surface area contributed by atoms with E-state index >= 15 is 0 Å². The highest BCUT2D eigenvalue weighted by atomic mass is 35.5. The van der Waals surface area contributed by atoms with Crippen molar-refractivity contribution in [3.05, 3.63) is 71.4 Å². The van der Waals surface area contributed by atoms with Gasteiger partial charge in [0, 0.05) is 11.8 Å². The lowest BCUT2D eigenvalue weighted by Gasteiger charge is -2.22. The number of pyridine rings is 1. The van der Waals surface area contributed by atoms with E-state index in [2.05, 4.69) is 41.4 Å². The minimum absolute atomic E-state index is 0.107. The predicted octanol–water partition coefficient (Wildman–Crippen LogP) is 7.08. The largest absolute Gasteiger partial charge is 0.437 e. The molecule has 4 aromatic rings. The number of rotatable bonds is 4. The number of hydrogen-bond acceptors (Lipinski definition) is 5. The van der Waals surface area contributed by atoms with Crippen molar-refractivity contribution >= 4 is 50.0 Å². The molecule has 0 unspecified atom stereocenters. The number of nitrogens with zero attached hydrogens (tertiary/aromatic N) is 2. The average molecular weight is 453 g/mol. The second kappa shape index (κ2) is 8.53. The van der Waals surface area contributed by atoms with Gasteiger partial charge in [0.1, 0.15) is 17.0 Å². The lowest BCUT2D eigenvalue weighted by Crippen LogP contribution is -2.20. The molecule has 2 aromatic heterocycles. The fourth-order valence-corrected chi connectivity index (χ4v) is 4.23. The molecule has 8 heteroatoms. The average Bonchev–Trinajstić information content (AvgIpc) is 3.13. The van der Waals surface area contributed by atoms with Crippen LogP contribution in [0.5, 0.6) is 11.6 Å². The Hall–Kier alpha value is -3.16. The maximum absolute atomic E-state index is 12.6. The zero-order valence-electron chi connectivity index (χ0n) is 17.3. The van der Waals surface area contributed by atoms with E-state index in [4.69, 9.17) is 16.3 Å². The summed E-state index contributed by atoms with van der Waals surface area (Å²) in [5, 5.41) is 6.53. The first-order valence-electron chi connectivity index (χ1n) is 9.67. The summed E-state index contributed by atoms with van der Waals surface area (Å²) in [6.45, 7) is 6.35. The number of benzene rings is 2. The van der Waals surface area contributed by atoms with Crippen LogP contribution in [0, 0.1) is 0 Å². The number of carbonyl (C=O) groups is 1. The Bertz CT molecular complexity index is 1250. The van der Waals surface area contributed by atoms with Crippen LogP contribution >= 0.6 is 22.9 Å². The van der Waals surface area contributed by atoms with Crippen molar-refractivity contribution in [1.29, 1.82) is 0 Å². The van der Waals surface area contributed by atoms with E-state index in [-0.39, 0.29) is 5.41 Å². The molecule has 0 bridgehead atoms.